The van der Waals surface area contributed by atoms with Gasteiger partial charge in [-0.3, -0.25) is 4.79 Å². The molecule has 0 aliphatic carbocycles. The van der Waals surface area contributed by atoms with Crippen LogP contribution in [-0.4, -0.2) is 18.0 Å². The first-order valence-corrected chi connectivity index (χ1v) is 6.32. The number of carbonyl (C=O) groups is 1. The molecule has 0 unspecified atom stereocenters. The maximum atomic E-state index is 12.0. The van der Waals surface area contributed by atoms with Gasteiger partial charge in [0, 0.05) is 4.88 Å². The number of amides is 1. The lowest BCUT2D eigenvalue weighted by Crippen LogP contribution is -2.12. The molecule has 1 aromatic carbocycles. The molecule has 2 rings (SSSR count). The van der Waals surface area contributed by atoms with Crippen molar-refractivity contribution in [2.45, 2.75) is 13.8 Å². The van der Waals surface area contributed by atoms with E-state index < -0.39 is 0 Å². The van der Waals surface area contributed by atoms with Crippen LogP contribution in [0.2, 0.25) is 0 Å². The Balaban J connectivity index is 2.21. The average molecular weight is 262 g/mol. The molecule has 0 atom stereocenters. The van der Waals surface area contributed by atoms with Crippen LogP contribution in [0.25, 0.3) is 0 Å². The number of rotatable bonds is 3. The number of methoxy groups -OCH3 is 1. The molecule has 0 saturated carbocycles. The molecule has 0 radical (unpaired) electrons. The van der Waals surface area contributed by atoms with Crippen LogP contribution in [0.1, 0.15) is 20.4 Å². The fourth-order valence-corrected chi connectivity index (χ4v) is 2.30. The van der Waals surface area contributed by atoms with E-state index in [0.717, 1.165) is 10.6 Å². The Morgan fingerprint density at radius 3 is 2.67 bits per heavy atom. The Labute approximate surface area is 110 Å². The fraction of sp³-hybridized carbons (Fsp3) is 0.231. The van der Waals surface area contributed by atoms with Gasteiger partial charge < -0.3 is 10.1 Å². The minimum Gasteiger partial charge on any atom is -0.495 e. The first kappa shape index (κ1) is 12.6. The molecule has 1 amide bonds. The number of thiazole rings is 1. The van der Waals surface area contributed by atoms with Crippen molar-refractivity contribution in [3.05, 3.63) is 39.8 Å². The smallest absolute Gasteiger partial charge is 0.284 e. The highest BCUT2D eigenvalue weighted by molar-refractivity contribution is 7.13. The van der Waals surface area contributed by atoms with Crippen molar-refractivity contribution in [1.29, 1.82) is 0 Å². The minimum atomic E-state index is -0.208. The van der Waals surface area contributed by atoms with Crippen molar-refractivity contribution in [2.24, 2.45) is 0 Å². The van der Waals surface area contributed by atoms with Crippen molar-refractivity contribution in [3.8, 4) is 5.75 Å². The summed E-state index contributed by atoms with van der Waals surface area (Å²) in [7, 11) is 1.57. The Morgan fingerprint density at radius 2 is 2.06 bits per heavy atom. The van der Waals surface area contributed by atoms with Crippen molar-refractivity contribution >= 4 is 22.9 Å². The number of hydrogen-bond donors (Lipinski definition) is 1. The van der Waals surface area contributed by atoms with Crippen LogP contribution in [0.15, 0.2) is 24.3 Å². The van der Waals surface area contributed by atoms with Crippen LogP contribution in [0.5, 0.6) is 5.75 Å². The molecule has 0 aliphatic rings. The van der Waals surface area contributed by atoms with Crippen molar-refractivity contribution in [1.82, 2.24) is 4.98 Å². The maximum Gasteiger partial charge on any atom is 0.284 e. The topological polar surface area (TPSA) is 51.2 Å². The maximum absolute atomic E-state index is 12.0. The summed E-state index contributed by atoms with van der Waals surface area (Å²) in [6.07, 6.45) is 0. The van der Waals surface area contributed by atoms with E-state index in [0.29, 0.717) is 16.4 Å². The summed E-state index contributed by atoms with van der Waals surface area (Å²) in [5, 5.41) is 3.27. The van der Waals surface area contributed by atoms with E-state index in [1.807, 2.05) is 26.0 Å². The van der Waals surface area contributed by atoms with Gasteiger partial charge in [0.25, 0.3) is 5.91 Å². The molecule has 2 aromatic rings. The van der Waals surface area contributed by atoms with E-state index in [-0.39, 0.29) is 5.91 Å². The third kappa shape index (κ3) is 2.51. The van der Waals surface area contributed by atoms with Gasteiger partial charge >= 0.3 is 0 Å². The second kappa shape index (κ2) is 5.18. The molecule has 5 heteroatoms. The summed E-state index contributed by atoms with van der Waals surface area (Å²) in [6, 6.07) is 7.29. The lowest BCUT2D eigenvalue weighted by Gasteiger charge is -2.08. The summed E-state index contributed by atoms with van der Waals surface area (Å²) < 4.78 is 5.18. The molecular weight excluding hydrogens is 248 g/mol. The van der Waals surface area contributed by atoms with Gasteiger partial charge in [0.2, 0.25) is 0 Å². The largest absolute Gasteiger partial charge is 0.495 e. The van der Waals surface area contributed by atoms with E-state index in [9.17, 15) is 4.79 Å². The first-order chi connectivity index (χ1) is 8.61. The van der Waals surface area contributed by atoms with Gasteiger partial charge in [-0.15, -0.1) is 11.3 Å². The predicted molar refractivity (Wildman–Crippen MR) is 72.5 cm³/mol. The zero-order valence-corrected chi connectivity index (χ0v) is 11.3. The van der Waals surface area contributed by atoms with Crippen LogP contribution < -0.4 is 10.1 Å². The zero-order chi connectivity index (χ0) is 13.1. The van der Waals surface area contributed by atoms with Crippen LogP contribution in [0.3, 0.4) is 0 Å². The van der Waals surface area contributed by atoms with Crippen LogP contribution in [-0.2, 0) is 0 Å². The number of hydrogen-bond acceptors (Lipinski definition) is 4. The Bertz CT molecular complexity index is 559. The van der Waals surface area contributed by atoms with Gasteiger partial charge in [0.05, 0.1) is 18.5 Å². The fourth-order valence-electron chi connectivity index (χ4n) is 1.49. The summed E-state index contributed by atoms with van der Waals surface area (Å²) in [5.41, 5.74) is 1.54. The van der Waals surface area contributed by atoms with Gasteiger partial charge in [-0.1, -0.05) is 12.1 Å². The molecule has 0 bridgehead atoms. The van der Waals surface area contributed by atoms with E-state index in [4.69, 9.17) is 4.74 Å². The normalized spacial score (nSPS) is 10.2. The SMILES string of the molecule is COc1ccccc1NC(=O)c1nc(C)c(C)s1. The van der Waals surface area contributed by atoms with Gasteiger partial charge in [-0.05, 0) is 26.0 Å². The Kier molecular flexibility index (Phi) is 3.62. The second-order valence-corrected chi connectivity index (χ2v) is 5.02. The Hall–Kier alpha value is -1.88. The van der Waals surface area contributed by atoms with Gasteiger partial charge in [0.15, 0.2) is 5.01 Å². The molecule has 1 heterocycles. The summed E-state index contributed by atoms with van der Waals surface area (Å²) in [5.74, 6) is 0.427. The standard InChI is InChI=1S/C13H14N2O2S/c1-8-9(2)18-13(14-8)12(16)15-10-6-4-5-7-11(10)17-3/h4-7H,1-3H3,(H,15,16). The quantitative estimate of drug-likeness (QED) is 0.925. The monoisotopic (exact) mass is 262 g/mol. The average Bonchev–Trinajstić information content (AvgIpc) is 2.70. The predicted octanol–water partition coefficient (Wildman–Crippen LogP) is 3.02. The first-order valence-electron chi connectivity index (χ1n) is 5.50. The van der Waals surface area contributed by atoms with Crippen LogP contribution in [0, 0.1) is 13.8 Å². The number of aromatic nitrogens is 1. The molecule has 0 saturated heterocycles. The summed E-state index contributed by atoms with van der Waals surface area (Å²) in [4.78, 5) is 17.3. The van der Waals surface area contributed by atoms with Gasteiger partial charge in [-0.25, -0.2) is 4.98 Å². The molecule has 94 valence electrons. The number of anilines is 1. The van der Waals surface area contributed by atoms with Crippen LogP contribution >= 0.6 is 11.3 Å². The zero-order valence-electron chi connectivity index (χ0n) is 10.5. The number of para-hydroxylation sites is 2. The molecular formula is C13H14N2O2S. The van der Waals surface area contributed by atoms with E-state index in [2.05, 4.69) is 10.3 Å². The van der Waals surface area contributed by atoms with Crippen molar-refractivity contribution in [3.63, 3.8) is 0 Å². The third-order valence-electron chi connectivity index (χ3n) is 2.58. The molecule has 18 heavy (non-hydrogen) atoms. The van der Waals surface area contributed by atoms with Crippen molar-refractivity contribution < 1.29 is 9.53 Å². The number of aryl methyl sites for hydroxylation is 2. The highest BCUT2D eigenvalue weighted by Gasteiger charge is 2.14. The number of carbonyl (C=O) groups excluding carboxylic acids is 1. The third-order valence-corrected chi connectivity index (χ3v) is 3.65. The number of ether oxygens (including phenoxy) is 1. The van der Waals surface area contributed by atoms with Crippen molar-refractivity contribution in [2.75, 3.05) is 12.4 Å². The molecule has 1 aromatic heterocycles. The van der Waals surface area contributed by atoms with Gasteiger partial charge in [0.1, 0.15) is 5.75 Å². The summed E-state index contributed by atoms with van der Waals surface area (Å²) >= 11 is 1.39. The lowest BCUT2D eigenvalue weighted by atomic mass is 10.3. The highest BCUT2D eigenvalue weighted by Crippen LogP contribution is 2.24. The molecule has 1 N–H and O–H groups in total. The molecule has 4 nitrogen and oxygen atoms in total. The molecule has 0 spiro atoms. The number of nitrogens with zero attached hydrogens (tertiary/aromatic N) is 1. The second-order valence-electron chi connectivity index (χ2n) is 3.82. The molecule has 0 fully saturated rings. The summed E-state index contributed by atoms with van der Waals surface area (Å²) in [6.45, 7) is 3.85. The van der Waals surface area contributed by atoms with Gasteiger partial charge in [-0.2, -0.15) is 0 Å². The number of nitrogens with one attached hydrogen (secondary N) is 1. The molecule has 0 aliphatic heterocycles. The number of benzene rings is 1. The lowest BCUT2D eigenvalue weighted by molar-refractivity contribution is 0.102. The van der Waals surface area contributed by atoms with E-state index >= 15 is 0 Å². The van der Waals surface area contributed by atoms with E-state index in [1.54, 1.807) is 19.2 Å². The minimum absolute atomic E-state index is 0.208. The van der Waals surface area contributed by atoms with Crippen LogP contribution in [0.4, 0.5) is 5.69 Å². The highest BCUT2D eigenvalue weighted by atomic mass is 32.1. The van der Waals surface area contributed by atoms with E-state index in [1.165, 1.54) is 11.3 Å². The Morgan fingerprint density at radius 1 is 1.33 bits per heavy atom.